The molecule has 0 saturated carbocycles. The van der Waals surface area contributed by atoms with E-state index in [0.29, 0.717) is 6.54 Å². The maximum absolute atomic E-state index is 12.3. The fraction of sp³-hybridized carbons (Fsp3) is 0.438. The molecule has 0 bridgehead atoms. The summed E-state index contributed by atoms with van der Waals surface area (Å²) in [4.78, 5) is 17.5. The van der Waals surface area contributed by atoms with Gasteiger partial charge in [-0.1, -0.05) is 18.2 Å². The molecule has 4 heteroatoms. The maximum atomic E-state index is 12.3. The molecule has 4 nitrogen and oxygen atoms in total. The van der Waals surface area contributed by atoms with Gasteiger partial charge in [-0.15, -0.1) is 0 Å². The van der Waals surface area contributed by atoms with E-state index in [2.05, 4.69) is 4.98 Å². The molecule has 1 heterocycles. The summed E-state index contributed by atoms with van der Waals surface area (Å²) in [6, 6.07) is 7.86. The third kappa shape index (κ3) is 3.68. The lowest BCUT2D eigenvalue weighted by atomic mass is 10.1. The van der Waals surface area contributed by atoms with E-state index in [4.69, 9.17) is 5.11 Å². The number of benzene rings is 1. The number of Topliss-reactive ketones (excluding diaryl/α,β-unsaturated/α-hetero) is 1. The molecule has 2 rings (SSSR count). The molecule has 2 N–H and O–H groups in total. The van der Waals surface area contributed by atoms with Crippen molar-refractivity contribution < 1.29 is 9.90 Å². The summed E-state index contributed by atoms with van der Waals surface area (Å²) in [5.41, 5.74) is 1.77. The van der Waals surface area contributed by atoms with Crippen molar-refractivity contribution in [1.29, 1.82) is 0 Å². The highest BCUT2D eigenvalue weighted by molar-refractivity contribution is 6.08. The fourth-order valence-electron chi connectivity index (χ4n) is 2.38. The Balaban J connectivity index is 1.91. The maximum Gasteiger partial charge on any atom is 0.178 e. The number of fused-ring (bicyclic) bond motifs is 1. The summed E-state index contributed by atoms with van der Waals surface area (Å²) >= 11 is 0. The number of carbonyl (C=O) groups excluding carboxylic acids is 1. The van der Waals surface area contributed by atoms with Gasteiger partial charge < -0.3 is 10.1 Å². The number of likely N-dealkylation sites (N-methyl/N-ethyl adjacent to an activating group) is 1. The highest BCUT2D eigenvalue weighted by atomic mass is 16.2. The van der Waals surface area contributed by atoms with Gasteiger partial charge in [-0.2, -0.15) is 0 Å². The van der Waals surface area contributed by atoms with E-state index in [9.17, 15) is 4.79 Å². The van der Waals surface area contributed by atoms with Gasteiger partial charge in [-0.25, -0.2) is 0 Å². The summed E-state index contributed by atoms with van der Waals surface area (Å²) < 4.78 is 0. The van der Waals surface area contributed by atoms with Crippen LogP contribution in [0.5, 0.6) is 0 Å². The fourth-order valence-corrected chi connectivity index (χ4v) is 2.38. The molecule has 0 aliphatic heterocycles. The van der Waals surface area contributed by atoms with Crippen LogP contribution < -0.4 is 0 Å². The monoisotopic (exact) mass is 274 g/mol. The molecule has 0 fully saturated rings. The Hall–Kier alpha value is -1.65. The van der Waals surface area contributed by atoms with E-state index in [1.54, 1.807) is 6.20 Å². The number of hydrogen-bond donors (Lipinski definition) is 2. The summed E-state index contributed by atoms with van der Waals surface area (Å²) in [6.07, 6.45) is 4.65. The standard InChI is InChI=1S/C16H22N2O2/c1-18(9-5-2-6-10-19)12-16(20)14-11-17-15-8-4-3-7-13(14)15/h3-4,7-8,11,17,19H,2,5-6,9-10,12H2,1H3. The van der Waals surface area contributed by atoms with Gasteiger partial charge in [-0.3, -0.25) is 9.69 Å². The molecule has 20 heavy (non-hydrogen) atoms. The first kappa shape index (κ1) is 14.8. The summed E-state index contributed by atoms with van der Waals surface area (Å²) in [5, 5.41) is 9.72. The largest absolute Gasteiger partial charge is 0.396 e. The molecule has 0 aliphatic carbocycles. The van der Waals surface area contributed by atoms with E-state index in [0.717, 1.165) is 42.3 Å². The molecule has 0 aliphatic rings. The molecule has 1 aromatic carbocycles. The lowest BCUT2D eigenvalue weighted by molar-refractivity contribution is 0.0946. The average Bonchev–Trinajstić information content (AvgIpc) is 2.87. The number of nitrogens with one attached hydrogen (secondary N) is 1. The van der Waals surface area contributed by atoms with Gasteiger partial charge in [0.25, 0.3) is 0 Å². The number of H-pyrrole nitrogens is 1. The van der Waals surface area contributed by atoms with Crippen LogP contribution in [0.3, 0.4) is 0 Å². The topological polar surface area (TPSA) is 56.3 Å². The first-order chi connectivity index (χ1) is 9.72. The molecular formula is C16H22N2O2. The van der Waals surface area contributed by atoms with Crippen LogP contribution in [0.25, 0.3) is 10.9 Å². The molecule has 0 atom stereocenters. The summed E-state index contributed by atoms with van der Waals surface area (Å²) in [6.45, 7) is 1.56. The van der Waals surface area contributed by atoms with E-state index < -0.39 is 0 Å². The number of aliphatic hydroxyl groups is 1. The van der Waals surface area contributed by atoms with Crippen LogP contribution in [0, 0.1) is 0 Å². The number of aromatic nitrogens is 1. The van der Waals surface area contributed by atoms with Crippen molar-refractivity contribution in [2.75, 3.05) is 26.7 Å². The second-order valence-electron chi connectivity index (χ2n) is 5.19. The van der Waals surface area contributed by atoms with Gasteiger partial charge in [0.1, 0.15) is 0 Å². The van der Waals surface area contributed by atoms with Gasteiger partial charge in [0, 0.05) is 29.3 Å². The van der Waals surface area contributed by atoms with E-state index in [-0.39, 0.29) is 12.4 Å². The van der Waals surface area contributed by atoms with Gasteiger partial charge in [0.15, 0.2) is 5.78 Å². The number of carbonyl (C=O) groups is 1. The molecule has 108 valence electrons. The Labute approximate surface area is 119 Å². The van der Waals surface area contributed by atoms with Crippen LogP contribution in [0.1, 0.15) is 29.6 Å². The summed E-state index contributed by atoms with van der Waals surface area (Å²) in [7, 11) is 1.96. The average molecular weight is 274 g/mol. The second-order valence-corrected chi connectivity index (χ2v) is 5.19. The second kappa shape index (κ2) is 7.22. The van der Waals surface area contributed by atoms with Crippen LogP contribution in [0.2, 0.25) is 0 Å². The molecule has 0 saturated heterocycles. The molecule has 0 amide bonds. The minimum Gasteiger partial charge on any atom is -0.396 e. The van der Waals surface area contributed by atoms with Gasteiger partial charge >= 0.3 is 0 Å². The zero-order chi connectivity index (χ0) is 14.4. The number of nitrogens with zero attached hydrogens (tertiary/aromatic N) is 1. The number of hydrogen-bond acceptors (Lipinski definition) is 3. The first-order valence-electron chi connectivity index (χ1n) is 7.11. The number of rotatable bonds is 8. The molecule has 0 radical (unpaired) electrons. The van der Waals surface area contributed by atoms with Crippen molar-refractivity contribution in [3.05, 3.63) is 36.0 Å². The Kier molecular flexibility index (Phi) is 5.32. The minimum atomic E-state index is 0.145. The lowest BCUT2D eigenvalue weighted by Crippen LogP contribution is -2.27. The molecule has 2 aromatic rings. The van der Waals surface area contributed by atoms with E-state index in [1.807, 2.05) is 36.2 Å². The molecule has 0 spiro atoms. The number of ketones is 1. The zero-order valence-electron chi connectivity index (χ0n) is 11.9. The van der Waals surface area contributed by atoms with E-state index in [1.165, 1.54) is 0 Å². The SMILES string of the molecule is CN(CCCCCO)CC(=O)c1c[nH]c2ccccc12. The van der Waals surface area contributed by atoms with Crippen LogP contribution >= 0.6 is 0 Å². The number of aliphatic hydroxyl groups excluding tert-OH is 1. The van der Waals surface area contributed by atoms with Gasteiger partial charge in [0.05, 0.1) is 6.54 Å². The predicted octanol–water partition coefficient (Wildman–Crippen LogP) is 2.45. The number of unbranched alkanes of at least 4 members (excludes halogenated alkanes) is 2. The Morgan fingerprint density at radius 1 is 1.25 bits per heavy atom. The third-order valence-corrected chi connectivity index (χ3v) is 3.50. The summed E-state index contributed by atoms with van der Waals surface area (Å²) in [5.74, 6) is 0.145. The highest BCUT2D eigenvalue weighted by Crippen LogP contribution is 2.18. The first-order valence-corrected chi connectivity index (χ1v) is 7.11. The van der Waals surface area contributed by atoms with Crippen LogP contribution in [0.15, 0.2) is 30.5 Å². The van der Waals surface area contributed by atoms with Crippen molar-refractivity contribution in [3.8, 4) is 0 Å². The van der Waals surface area contributed by atoms with Gasteiger partial charge in [-0.05, 0) is 38.9 Å². The van der Waals surface area contributed by atoms with E-state index >= 15 is 0 Å². The Morgan fingerprint density at radius 2 is 2.05 bits per heavy atom. The molecular weight excluding hydrogens is 252 g/mol. The van der Waals surface area contributed by atoms with Crippen LogP contribution in [0.4, 0.5) is 0 Å². The van der Waals surface area contributed by atoms with Crippen molar-refractivity contribution in [2.24, 2.45) is 0 Å². The van der Waals surface area contributed by atoms with Crippen molar-refractivity contribution in [2.45, 2.75) is 19.3 Å². The Bertz CT molecular complexity index is 562. The predicted molar refractivity (Wildman–Crippen MR) is 81.1 cm³/mol. The van der Waals surface area contributed by atoms with Crippen molar-refractivity contribution >= 4 is 16.7 Å². The van der Waals surface area contributed by atoms with Crippen molar-refractivity contribution in [3.63, 3.8) is 0 Å². The third-order valence-electron chi connectivity index (χ3n) is 3.50. The quantitative estimate of drug-likeness (QED) is 0.574. The smallest absolute Gasteiger partial charge is 0.178 e. The normalized spacial score (nSPS) is 11.3. The van der Waals surface area contributed by atoms with Crippen LogP contribution in [-0.2, 0) is 0 Å². The number of para-hydroxylation sites is 1. The van der Waals surface area contributed by atoms with Crippen LogP contribution in [-0.4, -0.2) is 47.5 Å². The Morgan fingerprint density at radius 3 is 2.85 bits per heavy atom. The van der Waals surface area contributed by atoms with Gasteiger partial charge in [0.2, 0.25) is 0 Å². The molecule has 1 aromatic heterocycles. The number of aromatic amines is 1. The zero-order valence-corrected chi connectivity index (χ0v) is 11.9. The molecule has 0 unspecified atom stereocenters. The van der Waals surface area contributed by atoms with Crippen molar-refractivity contribution in [1.82, 2.24) is 9.88 Å². The highest BCUT2D eigenvalue weighted by Gasteiger charge is 2.13. The lowest BCUT2D eigenvalue weighted by Gasteiger charge is -2.15. The minimum absolute atomic E-state index is 0.145.